The minimum Gasteiger partial charge on any atom is -0.488 e. The van der Waals surface area contributed by atoms with Gasteiger partial charge in [-0.2, -0.15) is 17.4 Å². The number of fused-ring (bicyclic) bond motifs is 1. The molecule has 1 fully saturated rings. The summed E-state index contributed by atoms with van der Waals surface area (Å²) in [5, 5.41) is 0. The van der Waals surface area contributed by atoms with Crippen LogP contribution in [0.5, 0.6) is 5.75 Å². The van der Waals surface area contributed by atoms with Gasteiger partial charge in [0.05, 0.1) is 12.2 Å². The molecule has 0 aromatic heterocycles. The van der Waals surface area contributed by atoms with E-state index in [0.717, 1.165) is 17.7 Å². The van der Waals surface area contributed by atoms with Crippen LogP contribution in [-0.2, 0) is 21.4 Å². The molecule has 2 heterocycles. The van der Waals surface area contributed by atoms with Crippen LogP contribution >= 0.6 is 0 Å². The highest BCUT2D eigenvalue weighted by Gasteiger charge is 2.32. The second-order valence-corrected chi connectivity index (χ2v) is 7.73. The monoisotopic (exact) mass is 326 g/mol. The van der Waals surface area contributed by atoms with E-state index in [1.165, 1.54) is 4.31 Å². The van der Waals surface area contributed by atoms with Crippen LogP contribution in [0.1, 0.15) is 19.4 Å². The second-order valence-electron chi connectivity index (χ2n) is 5.98. The Kier molecular flexibility index (Phi) is 4.40. The molecule has 7 heteroatoms. The standard InChI is InChI=1S/C15H22N2O4S/c1-11-9-17(10-12(2)20-11)22(18,19)16-8-14-7-13-5-3-4-6-15(13)21-14/h3-6,11-12,14,16H,7-10H2,1-2H3/t11-,12+,14-/m0/s1. The van der Waals surface area contributed by atoms with Crippen LogP contribution in [0.3, 0.4) is 0 Å². The molecule has 0 unspecified atom stereocenters. The average molecular weight is 326 g/mol. The van der Waals surface area contributed by atoms with Crippen molar-refractivity contribution in [3.63, 3.8) is 0 Å². The lowest BCUT2D eigenvalue weighted by molar-refractivity contribution is -0.0444. The zero-order valence-electron chi connectivity index (χ0n) is 12.9. The topological polar surface area (TPSA) is 67.9 Å². The highest BCUT2D eigenvalue weighted by Crippen LogP contribution is 2.27. The molecule has 2 aliphatic rings. The van der Waals surface area contributed by atoms with Crippen molar-refractivity contribution >= 4 is 10.2 Å². The summed E-state index contributed by atoms with van der Waals surface area (Å²) in [6.45, 7) is 4.80. The molecule has 1 saturated heterocycles. The van der Waals surface area contributed by atoms with Crippen molar-refractivity contribution in [2.24, 2.45) is 0 Å². The van der Waals surface area contributed by atoms with Crippen molar-refractivity contribution in [2.45, 2.75) is 38.6 Å². The predicted octanol–water partition coefficient (Wildman–Crippen LogP) is 0.934. The average Bonchev–Trinajstić information content (AvgIpc) is 2.87. The van der Waals surface area contributed by atoms with E-state index in [2.05, 4.69) is 4.72 Å². The maximum absolute atomic E-state index is 12.4. The molecule has 0 spiro atoms. The highest BCUT2D eigenvalue weighted by molar-refractivity contribution is 7.87. The third-order valence-electron chi connectivity index (χ3n) is 3.93. The summed E-state index contributed by atoms with van der Waals surface area (Å²) in [4.78, 5) is 0. The van der Waals surface area contributed by atoms with Crippen LogP contribution in [0.4, 0.5) is 0 Å². The maximum Gasteiger partial charge on any atom is 0.279 e. The van der Waals surface area contributed by atoms with Gasteiger partial charge in [0.25, 0.3) is 10.2 Å². The van der Waals surface area contributed by atoms with Gasteiger partial charge in [-0.3, -0.25) is 0 Å². The van der Waals surface area contributed by atoms with Crippen molar-refractivity contribution < 1.29 is 17.9 Å². The Labute approximate surface area is 131 Å². The van der Waals surface area contributed by atoms with E-state index in [0.29, 0.717) is 13.1 Å². The number of morpholine rings is 1. The van der Waals surface area contributed by atoms with Crippen molar-refractivity contribution in [2.75, 3.05) is 19.6 Å². The summed E-state index contributed by atoms with van der Waals surface area (Å²) in [5.74, 6) is 0.848. The Bertz CT molecular complexity index is 599. The fraction of sp³-hybridized carbons (Fsp3) is 0.600. The molecule has 2 aliphatic heterocycles. The number of nitrogens with one attached hydrogen (secondary N) is 1. The highest BCUT2D eigenvalue weighted by atomic mass is 32.2. The molecule has 6 nitrogen and oxygen atoms in total. The molecule has 0 radical (unpaired) electrons. The lowest BCUT2D eigenvalue weighted by atomic mass is 10.1. The number of hydrogen-bond donors (Lipinski definition) is 1. The molecular weight excluding hydrogens is 304 g/mol. The molecule has 1 aromatic carbocycles. The number of hydrogen-bond acceptors (Lipinski definition) is 4. The van der Waals surface area contributed by atoms with E-state index < -0.39 is 10.2 Å². The van der Waals surface area contributed by atoms with Crippen molar-refractivity contribution in [3.8, 4) is 5.75 Å². The van der Waals surface area contributed by atoms with Gasteiger partial charge in [-0.1, -0.05) is 18.2 Å². The number of para-hydroxylation sites is 1. The van der Waals surface area contributed by atoms with Crippen LogP contribution in [-0.4, -0.2) is 50.7 Å². The van der Waals surface area contributed by atoms with Gasteiger partial charge in [-0.15, -0.1) is 0 Å². The largest absolute Gasteiger partial charge is 0.488 e. The molecule has 3 rings (SSSR count). The van der Waals surface area contributed by atoms with E-state index in [-0.39, 0.29) is 24.9 Å². The van der Waals surface area contributed by atoms with Gasteiger partial charge in [0.2, 0.25) is 0 Å². The minimum absolute atomic E-state index is 0.0905. The van der Waals surface area contributed by atoms with Gasteiger partial charge in [0.1, 0.15) is 11.9 Å². The first-order valence-corrected chi connectivity index (χ1v) is 9.03. The van der Waals surface area contributed by atoms with Gasteiger partial charge in [0, 0.05) is 26.1 Å². The fourth-order valence-corrected chi connectivity index (χ4v) is 4.38. The lowest BCUT2D eigenvalue weighted by Crippen LogP contribution is -2.53. The number of nitrogens with zero attached hydrogens (tertiary/aromatic N) is 1. The Balaban J connectivity index is 1.57. The third-order valence-corrected chi connectivity index (χ3v) is 5.44. The Morgan fingerprint density at radius 2 is 1.91 bits per heavy atom. The minimum atomic E-state index is -3.50. The van der Waals surface area contributed by atoms with E-state index in [1.54, 1.807) is 0 Å². The van der Waals surface area contributed by atoms with Crippen LogP contribution in [0, 0.1) is 0 Å². The molecule has 0 saturated carbocycles. The number of rotatable bonds is 4. The molecule has 3 atom stereocenters. The molecule has 0 bridgehead atoms. The van der Waals surface area contributed by atoms with Crippen molar-refractivity contribution in [3.05, 3.63) is 29.8 Å². The Morgan fingerprint density at radius 1 is 1.23 bits per heavy atom. The van der Waals surface area contributed by atoms with Crippen molar-refractivity contribution in [1.82, 2.24) is 9.03 Å². The molecule has 22 heavy (non-hydrogen) atoms. The van der Waals surface area contributed by atoms with Crippen LogP contribution in [0.25, 0.3) is 0 Å². The van der Waals surface area contributed by atoms with E-state index >= 15 is 0 Å². The van der Waals surface area contributed by atoms with E-state index in [4.69, 9.17) is 9.47 Å². The molecule has 122 valence electrons. The first-order valence-electron chi connectivity index (χ1n) is 7.59. The zero-order chi connectivity index (χ0) is 15.7. The van der Waals surface area contributed by atoms with E-state index in [9.17, 15) is 8.42 Å². The summed E-state index contributed by atoms with van der Waals surface area (Å²) in [6, 6.07) is 7.80. The van der Waals surface area contributed by atoms with Gasteiger partial charge in [-0.05, 0) is 25.5 Å². The molecule has 1 N–H and O–H groups in total. The molecular formula is C15H22N2O4S. The molecule has 0 amide bonds. The van der Waals surface area contributed by atoms with Gasteiger partial charge < -0.3 is 9.47 Å². The summed E-state index contributed by atoms with van der Waals surface area (Å²) in [6.07, 6.45) is 0.400. The third kappa shape index (κ3) is 3.43. The SMILES string of the molecule is C[C@@H]1CN(S(=O)(=O)NC[C@@H]2Cc3ccccc3O2)C[C@H](C)O1. The summed E-state index contributed by atoms with van der Waals surface area (Å²) in [7, 11) is -3.50. The van der Waals surface area contributed by atoms with Crippen LogP contribution < -0.4 is 9.46 Å². The smallest absolute Gasteiger partial charge is 0.279 e. The number of ether oxygens (including phenoxy) is 2. The van der Waals surface area contributed by atoms with E-state index in [1.807, 2.05) is 38.1 Å². The summed E-state index contributed by atoms with van der Waals surface area (Å²) in [5.41, 5.74) is 1.13. The predicted molar refractivity (Wildman–Crippen MR) is 83.1 cm³/mol. The van der Waals surface area contributed by atoms with Crippen LogP contribution in [0.15, 0.2) is 24.3 Å². The van der Waals surface area contributed by atoms with Gasteiger partial charge in [0.15, 0.2) is 0 Å². The number of benzene rings is 1. The summed E-state index contributed by atoms with van der Waals surface area (Å²) >= 11 is 0. The second kappa shape index (κ2) is 6.16. The maximum atomic E-state index is 12.4. The quantitative estimate of drug-likeness (QED) is 0.894. The Hall–Kier alpha value is -1.15. The first kappa shape index (κ1) is 15.7. The molecule has 0 aliphatic carbocycles. The molecule has 1 aromatic rings. The normalized spacial score (nSPS) is 29.1. The fourth-order valence-electron chi connectivity index (χ4n) is 2.98. The Morgan fingerprint density at radius 3 is 2.59 bits per heavy atom. The zero-order valence-corrected chi connectivity index (χ0v) is 13.7. The first-order chi connectivity index (χ1) is 10.4. The van der Waals surface area contributed by atoms with Crippen molar-refractivity contribution in [1.29, 1.82) is 0 Å². The van der Waals surface area contributed by atoms with Crippen LogP contribution in [0.2, 0.25) is 0 Å². The summed E-state index contributed by atoms with van der Waals surface area (Å²) < 4.78 is 40.3. The van der Waals surface area contributed by atoms with Gasteiger partial charge >= 0.3 is 0 Å². The lowest BCUT2D eigenvalue weighted by Gasteiger charge is -2.34. The van der Waals surface area contributed by atoms with Gasteiger partial charge in [-0.25, -0.2) is 0 Å².